The van der Waals surface area contributed by atoms with Crippen LogP contribution in [0.3, 0.4) is 0 Å². The van der Waals surface area contributed by atoms with Gasteiger partial charge in [0.1, 0.15) is 0 Å². The van der Waals surface area contributed by atoms with Crippen LogP contribution in [0.2, 0.25) is 0 Å². The summed E-state index contributed by atoms with van der Waals surface area (Å²) in [4.78, 5) is -0.400. The molecule has 1 unspecified atom stereocenters. The Balaban J connectivity index is 2.99. The minimum absolute atomic E-state index is 0.0347. The molecule has 8 heteroatoms. The SMILES string of the molecule is CCC(O)CCNS(=O)(=O)c1cccc(C(F)(F)F)c1C. The Bertz CT molecular complexity index is 585. The molecule has 1 aromatic carbocycles. The highest BCUT2D eigenvalue weighted by atomic mass is 32.2. The quantitative estimate of drug-likeness (QED) is 0.844. The number of aliphatic hydroxyl groups excluding tert-OH is 1. The van der Waals surface area contributed by atoms with Gasteiger partial charge in [-0.15, -0.1) is 0 Å². The summed E-state index contributed by atoms with van der Waals surface area (Å²) in [6.45, 7) is 2.83. The van der Waals surface area contributed by atoms with Gasteiger partial charge in [0, 0.05) is 6.54 Å². The minimum Gasteiger partial charge on any atom is -0.393 e. The minimum atomic E-state index is -4.60. The smallest absolute Gasteiger partial charge is 0.393 e. The summed E-state index contributed by atoms with van der Waals surface area (Å²) in [6, 6.07) is 3.03. The highest BCUT2D eigenvalue weighted by molar-refractivity contribution is 7.89. The first kappa shape index (κ1) is 17.9. The lowest BCUT2D eigenvalue weighted by Crippen LogP contribution is -2.28. The van der Waals surface area contributed by atoms with Gasteiger partial charge >= 0.3 is 6.18 Å². The number of hydrogen-bond donors (Lipinski definition) is 2. The maximum absolute atomic E-state index is 12.8. The molecule has 4 nitrogen and oxygen atoms in total. The van der Waals surface area contributed by atoms with Crippen molar-refractivity contribution in [2.75, 3.05) is 6.54 Å². The number of nitrogens with one attached hydrogen (secondary N) is 1. The molecule has 0 spiro atoms. The summed E-state index contributed by atoms with van der Waals surface area (Å²) in [7, 11) is -4.04. The Morgan fingerprint density at radius 1 is 1.33 bits per heavy atom. The van der Waals surface area contributed by atoms with Crippen molar-refractivity contribution in [3.63, 3.8) is 0 Å². The first-order valence-electron chi connectivity index (χ1n) is 6.44. The Morgan fingerprint density at radius 2 is 1.95 bits per heavy atom. The summed E-state index contributed by atoms with van der Waals surface area (Å²) in [5.74, 6) is 0. The zero-order chi connectivity index (χ0) is 16.3. The highest BCUT2D eigenvalue weighted by Gasteiger charge is 2.34. The van der Waals surface area contributed by atoms with Crippen LogP contribution in [0, 0.1) is 6.92 Å². The predicted octanol–water partition coefficient (Wildman–Crippen LogP) is 2.45. The van der Waals surface area contributed by atoms with Gasteiger partial charge < -0.3 is 5.11 Å². The number of halogens is 3. The first-order valence-corrected chi connectivity index (χ1v) is 7.92. The van der Waals surface area contributed by atoms with Crippen LogP contribution < -0.4 is 4.72 Å². The van der Waals surface area contributed by atoms with Crippen LogP contribution in [0.15, 0.2) is 23.1 Å². The number of rotatable bonds is 6. The summed E-state index contributed by atoms with van der Waals surface area (Å²) < 4.78 is 64.6. The normalized spacial score (nSPS) is 14.2. The van der Waals surface area contributed by atoms with Crippen LogP contribution in [0.1, 0.15) is 30.9 Å². The molecule has 1 atom stereocenters. The fraction of sp³-hybridized carbons (Fsp3) is 0.538. The molecule has 0 bridgehead atoms. The van der Waals surface area contributed by atoms with Crippen LogP contribution in [0.4, 0.5) is 13.2 Å². The van der Waals surface area contributed by atoms with Gasteiger partial charge in [-0.25, -0.2) is 13.1 Å². The fourth-order valence-electron chi connectivity index (χ4n) is 1.85. The molecule has 2 N–H and O–H groups in total. The van der Waals surface area contributed by atoms with Crippen LogP contribution >= 0.6 is 0 Å². The zero-order valence-corrected chi connectivity index (χ0v) is 12.6. The van der Waals surface area contributed by atoms with Gasteiger partial charge in [0.2, 0.25) is 10.0 Å². The van der Waals surface area contributed by atoms with E-state index in [1.165, 1.54) is 0 Å². The van der Waals surface area contributed by atoms with Gasteiger partial charge in [0.25, 0.3) is 0 Å². The molecular formula is C13H18F3NO3S. The third-order valence-electron chi connectivity index (χ3n) is 3.12. The lowest BCUT2D eigenvalue weighted by molar-refractivity contribution is -0.138. The van der Waals surface area contributed by atoms with Gasteiger partial charge in [0.15, 0.2) is 0 Å². The van der Waals surface area contributed by atoms with Gasteiger partial charge in [-0.3, -0.25) is 0 Å². The maximum atomic E-state index is 12.8. The summed E-state index contributed by atoms with van der Waals surface area (Å²) in [5, 5.41) is 9.35. The standard InChI is InChI=1S/C13H18F3NO3S/c1-3-10(18)7-8-17-21(19,20)12-6-4-5-11(9(12)2)13(14,15)16/h4-6,10,17-18H,3,7-8H2,1-2H3. The number of aliphatic hydroxyl groups is 1. The first-order chi connectivity index (χ1) is 9.59. The molecule has 0 aliphatic heterocycles. The van der Waals surface area contributed by atoms with Gasteiger partial charge in [0.05, 0.1) is 16.6 Å². The molecule has 0 heterocycles. The van der Waals surface area contributed by atoms with E-state index < -0.39 is 32.8 Å². The number of sulfonamides is 1. The molecular weight excluding hydrogens is 307 g/mol. The third kappa shape index (κ3) is 4.69. The molecule has 1 rings (SSSR count). The van der Waals surface area contributed by atoms with Crippen molar-refractivity contribution in [3.8, 4) is 0 Å². The van der Waals surface area contributed by atoms with Crippen molar-refractivity contribution < 1.29 is 26.7 Å². The van der Waals surface area contributed by atoms with E-state index in [4.69, 9.17) is 0 Å². The van der Waals surface area contributed by atoms with Gasteiger partial charge in [-0.05, 0) is 37.5 Å². The second-order valence-corrected chi connectivity index (χ2v) is 6.41. The lowest BCUT2D eigenvalue weighted by atomic mass is 10.1. The molecule has 0 radical (unpaired) electrons. The van der Waals surface area contributed by atoms with E-state index in [9.17, 15) is 26.7 Å². The van der Waals surface area contributed by atoms with Crippen LogP contribution in [-0.4, -0.2) is 26.2 Å². The lowest BCUT2D eigenvalue weighted by Gasteiger charge is -2.15. The second kappa shape index (κ2) is 6.76. The maximum Gasteiger partial charge on any atom is 0.416 e. The Labute approximate surface area is 122 Å². The van der Waals surface area contributed by atoms with E-state index in [-0.39, 0.29) is 18.5 Å². The van der Waals surface area contributed by atoms with E-state index in [1.807, 2.05) is 0 Å². The molecule has 120 valence electrons. The molecule has 0 saturated carbocycles. The average Bonchev–Trinajstić information content (AvgIpc) is 2.36. The third-order valence-corrected chi connectivity index (χ3v) is 4.73. The van der Waals surface area contributed by atoms with Crippen molar-refractivity contribution in [2.24, 2.45) is 0 Å². The topological polar surface area (TPSA) is 66.4 Å². The second-order valence-electron chi connectivity index (χ2n) is 4.67. The van der Waals surface area contributed by atoms with Gasteiger partial charge in [-0.1, -0.05) is 13.0 Å². The van der Waals surface area contributed by atoms with Crippen molar-refractivity contribution >= 4 is 10.0 Å². The van der Waals surface area contributed by atoms with Gasteiger partial charge in [-0.2, -0.15) is 13.2 Å². The molecule has 1 aromatic rings. The molecule has 0 aliphatic carbocycles. The number of benzene rings is 1. The van der Waals surface area contributed by atoms with E-state index in [0.29, 0.717) is 6.42 Å². The van der Waals surface area contributed by atoms with Crippen molar-refractivity contribution in [1.82, 2.24) is 4.72 Å². The molecule has 0 amide bonds. The Kier molecular flexibility index (Phi) is 5.77. The fourth-order valence-corrected chi connectivity index (χ4v) is 3.17. The summed E-state index contributed by atoms with van der Waals surface area (Å²) >= 11 is 0. The zero-order valence-electron chi connectivity index (χ0n) is 11.7. The van der Waals surface area contributed by atoms with Crippen LogP contribution in [0.5, 0.6) is 0 Å². The number of alkyl halides is 3. The van der Waals surface area contributed by atoms with Crippen molar-refractivity contribution in [3.05, 3.63) is 29.3 Å². The average molecular weight is 325 g/mol. The molecule has 0 saturated heterocycles. The summed E-state index contributed by atoms with van der Waals surface area (Å²) in [5.41, 5.74) is -1.31. The molecule has 0 aliphatic rings. The monoisotopic (exact) mass is 325 g/mol. The summed E-state index contributed by atoms with van der Waals surface area (Å²) in [6.07, 6.45) is -4.57. The predicted molar refractivity (Wildman–Crippen MR) is 72.3 cm³/mol. The van der Waals surface area contributed by atoms with E-state index >= 15 is 0 Å². The highest BCUT2D eigenvalue weighted by Crippen LogP contribution is 2.34. The van der Waals surface area contributed by atoms with Crippen LogP contribution in [0.25, 0.3) is 0 Å². The molecule has 0 fully saturated rings. The van der Waals surface area contributed by atoms with E-state index in [1.54, 1.807) is 6.92 Å². The van der Waals surface area contributed by atoms with E-state index in [2.05, 4.69) is 4.72 Å². The van der Waals surface area contributed by atoms with Crippen molar-refractivity contribution in [2.45, 2.75) is 43.9 Å². The molecule has 21 heavy (non-hydrogen) atoms. The largest absolute Gasteiger partial charge is 0.416 e. The van der Waals surface area contributed by atoms with Crippen LogP contribution in [-0.2, 0) is 16.2 Å². The number of hydrogen-bond acceptors (Lipinski definition) is 3. The Hall–Kier alpha value is -1.12. The Morgan fingerprint density at radius 3 is 2.48 bits per heavy atom. The van der Waals surface area contributed by atoms with E-state index in [0.717, 1.165) is 25.1 Å². The van der Waals surface area contributed by atoms with Crippen molar-refractivity contribution in [1.29, 1.82) is 0 Å². The molecule has 0 aromatic heterocycles.